The zero-order valence-electron chi connectivity index (χ0n) is 14.4. The van der Waals surface area contributed by atoms with Crippen LogP contribution < -0.4 is 0 Å². The molecule has 0 aliphatic heterocycles. The molecule has 4 aromatic carbocycles. The molecule has 0 N–H and O–H groups in total. The fourth-order valence-corrected chi connectivity index (χ4v) is 5.47. The van der Waals surface area contributed by atoms with E-state index in [1.165, 1.54) is 48.1 Å². The van der Waals surface area contributed by atoms with Crippen LogP contribution in [0.25, 0.3) is 44.5 Å². The van der Waals surface area contributed by atoms with Crippen LogP contribution in [0.5, 0.6) is 0 Å². The molecule has 0 saturated heterocycles. The fraction of sp³-hybridized carbons (Fsp3) is 0. The Morgan fingerprint density at radius 2 is 0.714 bits per heavy atom. The predicted octanol–water partition coefficient (Wildman–Crippen LogP) is 9.56. The van der Waals surface area contributed by atoms with Crippen LogP contribution in [0, 0.1) is 3.57 Å². The van der Waals surface area contributed by atoms with E-state index in [0.717, 1.165) is 13.4 Å². The first-order valence-electron chi connectivity index (χ1n) is 8.71. The Labute approximate surface area is 202 Å². The molecule has 0 fully saturated rings. The third-order valence-corrected chi connectivity index (χ3v) is 7.24. The maximum absolute atomic E-state index is 3.68. The van der Waals surface area contributed by atoms with Crippen LogP contribution in [0.3, 0.4) is 0 Å². The number of halogens is 4. The number of fused-ring (bicyclic) bond motifs is 8. The summed E-state index contributed by atoms with van der Waals surface area (Å²) in [5.74, 6) is 0. The van der Waals surface area contributed by atoms with E-state index in [-0.39, 0.29) is 0 Å². The summed E-state index contributed by atoms with van der Waals surface area (Å²) in [5, 5.41) is 0. The van der Waals surface area contributed by atoms with Gasteiger partial charge >= 0.3 is 0 Å². The average Bonchev–Trinajstić information content (AvgIpc) is 2.67. The van der Waals surface area contributed by atoms with Gasteiger partial charge in [-0.15, -0.1) is 0 Å². The number of rotatable bonds is 0. The maximum Gasteiger partial charge on any atom is 0.0181 e. The van der Waals surface area contributed by atoms with Gasteiger partial charge < -0.3 is 0 Å². The van der Waals surface area contributed by atoms with Crippen LogP contribution in [0.4, 0.5) is 0 Å². The summed E-state index contributed by atoms with van der Waals surface area (Å²) >= 11 is 13.4. The molecule has 5 rings (SSSR count). The van der Waals surface area contributed by atoms with Crippen LogP contribution >= 0.6 is 70.4 Å². The molecule has 1 aliphatic carbocycles. The second-order valence-electron chi connectivity index (χ2n) is 6.76. The average molecular weight is 667 g/mol. The molecule has 0 bridgehead atoms. The van der Waals surface area contributed by atoms with Gasteiger partial charge in [-0.3, -0.25) is 0 Å². The summed E-state index contributed by atoms with van der Waals surface area (Å²) in [7, 11) is 0. The summed E-state index contributed by atoms with van der Waals surface area (Å²) in [5.41, 5.74) is 9.99. The van der Waals surface area contributed by atoms with Gasteiger partial charge in [-0.25, -0.2) is 0 Å². The lowest BCUT2D eigenvalue weighted by atomic mass is 9.81. The summed E-state index contributed by atoms with van der Waals surface area (Å²) in [6, 6.07) is 26.5. The molecule has 0 unspecified atom stereocenters. The Morgan fingerprint density at radius 3 is 1.11 bits per heavy atom. The third-order valence-electron chi connectivity index (χ3n) is 5.09. The van der Waals surface area contributed by atoms with E-state index in [0.29, 0.717) is 0 Å². The van der Waals surface area contributed by atoms with Crippen LogP contribution in [-0.4, -0.2) is 0 Å². The highest BCUT2D eigenvalue weighted by atomic mass is 127. The standard InChI is InChI=1S/C24H12Br3I/c25-13-1-5-17-18-6-2-15(27)11-23(18)24-12-16(28)4-8-20(24)19-7-3-14(26)10-22(19)21(17)9-13/h1-12H. The van der Waals surface area contributed by atoms with Crippen molar-refractivity contribution in [2.45, 2.75) is 0 Å². The second-order valence-corrected chi connectivity index (χ2v) is 10.8. The summed E-state index contributed by atoms with van der Waals surface area (Å²) in [6.07, 6.45) is 0. The quantitative estimate of drug-likeness (QED) is 0.145. The van der Waals surface area contributed by atoms with E-state index in [1.807, 2.05) is 0 Å². The molecule has 4 heteroatoms. The largest absolute Gasteiger partial charge is 0.0527 e. The van der Waals surface area contributed by atoms with Crippen LogP contribution in [-0.2, 0) is 0 Å². The van der Waals surface area contributed by atoms with E-state index < -0.39 is 0 Å². The zero-order chi connectivity index (χ0) is 19.4. The molecule has 0 aromatic heterocycles. The highest BCUT2D eigenvalue weighted by molar-refractivity contribution is 14.1. The van der Waals surface area contributed by atoms with Crippen LogP contribution in [0.2, 0.25) is 0 Å². The van der Waals surface area contributed by atoms with Gasteiger partial charge in [-0.05, 0) is 116 Å². The molecular weight excluding hydrogens is 655 g/mol. The maximum atomic E-state index is 3.68. The lowest BCUT2D eigenvalue weighted by Crippen LogP contribution is -1.98. The molecule has 28 heavy (non-hydrogen) atoms. The minimum Gasteiger partial charge on any atom is -0.0527 e. The van der Waals surface area contributed by atoms with Gasteiger partial charge in [0.05, 0.1) is 0 Å². The Hall–Kier alpha value is -0.950. The van der Waals surface area contributed by atoms with Crippen molar-refractivity contribution in [2.24, 2.45) is 0 Å². The van der Waals surface area contributed by atoms with Crippen LogP contribution in [0.15, 0.2) is 86.2 Å². The molecule has 0 atom stereocenters. The van der Waals surface area contributed by atoms with Gasteiger partial charge in [0.2, 0.25) is 0 Å². The Balaban J connectivity index is 2.01. The van der Waals surface area contributed by atoms with Gasteiger partial charge in [-0.2, -0.15) is 0 Å². The molecule has 4 aromatic rings. The third kappa shape index (κ3) is 3.22. The first-order valence-corrected chi connectivity index (χ1v) is 12.2. The summed E-state index contributed by atoms with van der Waals surface area (Å²) < 4.78 is 4.49. The van der Waals surface area contributed by atoms with Gasteiger partial charge in [0.15, 0.2) is 0 Å². The fourth-order valence-electron chi connectivity index (χ4n) is 3.90. The van der Waals surface area contributed by atoms with Crippen LogP contribution in [0.1, 0.15) is 0 Å². The lowest BCUT2D eigenvalue weighted by Gasteiger charge is -2.24. The Kier molecular flexibility index (Phi) is 5.02. The molecule has 0 spiro atoms. The molecular formula is C24H12Br3I. The minimum absolute atomic E-state index is 1.08. The Bertz CT molecular complexity index is 1060. The Morgan fingerprint density at radius 1 is 0.393 bits per heavy atom. The first-order chi connectivity index (χ1) is 13.5. The van der Waals surface area contributed by atoms with Crippen molar-refractivity contribution in [1.82, 2.24) is 0 Å². The highest BCUT2D eigenvalue weighted by Gasteiger charge is 2.22. The first kappa shape index (κ1) is 19.0. The SMILES string of the molecule is Brc1ccc2c(c1)-c1cc(Br)ccc1-c1ccc(I)cc1-c1cc(Br)ccc1-2. The van der Waals surface area contributed by atoms with Gasteiger partial charge in [0, 0.05) is 17.0 Å². The van der Waals surface area contributed by atoms with Gasteiger partial charge in [0.1, 0.15) is 0 Å². The molecule has 0 nitrogen and oxygen atoms in total. The second kappa shape index (κ2) is 7.38. The zero-order valence-corrected chi connectivity index (χ0v) is 21.4. The number of hydrogen-bond donors (Lipinski definition) is 0. The van der Waals surface area contributed by atoms with Gasteiger partial charge in [0.25, 0.3) is 0 Å². The van der Waals surface area contributed by atoms with E-state index in [4.69, 9.17) is 0 Å². The molecule has 0 saturated carbocycles. The van der Waals surface area contributed by atoms with Gasteiger partial charge in [-0.1, -0.05) is 72.1 Å². The van der Waals surface area contributed by atoms with E-state index in [2.05, 4.69) is 143 Å². The van der Waals surface area contributed by atoms with Crippen molar-refractivity contribution < 1.29 is 0 Å². The van der Waals surface area contributed by atoms with Crippen molar-refractivity contribution in [3.8, 4) is 44.5 Å². The van der Waals surface area contributed by atoms with Crippen molar-refractivity contribution in [3.05, 3.63) is 89.8 Å². The van der Waals surface area contributed by atoms with Crippen molar-refractivity contribution in [1.29, 1.82) is 0 Å². The van der Waals surface area contributed by atoms with E-state index in [1.54, 1.807) is 0 Å². The van der Waals surface area contributed by atoms with Crippen molar-refractivity contribution in [3.63, 3.8) is 0 Å². The monoisotopic (exact) mass is 664 g/mol. The van der Waals surface area contributed by atoms with Crippen molar-refractivity contribution >= 4 is 70.4 Å². The molecule has 0 heterocycles. The van der Waals surface area contributed by atoms with Crippen molar-refractivity contribution in [2.75, 3.05) is 0 Å². The van der Waals surface area contributed by atoms with E-state index >= 15 is 0 Å². The lowest BCUT2D eigenvalue weighted by molar-refractivity contribution is 1.49. The molecule has 1 aliphatic rings. The normalized spacial score (nSPS) is 11.6. The summed E-state index contributed by atoms with van der Waals surface area (Å²) in [4.78, 5) is 0. The molecule has 0 radical (unpaired) electrons. The topological polar surface area (TPSA) is 0 Å². The summed E-state index contributed by atoms with van der Waals surface area (Å²) in [6.45, 7) is 0. The predicted molar refractivity (Wildman–Crippen MR) is 138 cm³/mol. The van der Waals surface area contributed by atoms with E-state index in [9.17, 15) is 0 Å². The highest BCUT2D eigenvalue weighted by Crippen LogP contribution is 2.49. The smallest absolute Gasteiger partial charge is 0.0181 e. The molecule has 0 amide bonds. The minimum atomic E-state index is 1.08. The number of benzene rings is 4. The number of hydrogen-bond acceptors (Lipinski definition) is 0. The molecule has 136 valence electrons.